The standard InChI is InChI=1S/C17H28N6O3/c1-21(2)17-19-14-5-8-23(16(26)13(18)10-24)9-12(14)15(20-17)22-6-3-11(25)4-7-22/h11,13,24-25H,3-10,18H2,1-2H3/t13-/m0/s1. The lowest BCUT2D eigenvalue weighted by molar-refractivity contribution is -0.134. The van der Waals surface area contributed by atoms with Crippen LogP contribution in [0.5, 0.6) is 0 Å². The Hall–Kier alpha value is -1.97. The molecule has 3 rings (SSSR count). The molecule has 4 N–H and O–H groups in total. The molecule has 1 saturated heterocycles. The van der Waals surface area contributed by atoms with Crippen molar-refractivity contribution in [1.29, 1.82) is 0 Å². The summed E-state index contributed by atoms with van der Waals surface area (Å²) in [6, 6.07) is -0.896. The van der Waals surface area contributed by atoms with Gasteiger partial charge in [-0.25, -0.2) is 4.98 Å². The predicted molar refractivity (Wildman–Crippen MR) is 98.0 cm³/mol. The fourth-order valence-corrected chi connectivity index (χ4v) is 3.42. The fourth-order valence-electron chi connectivity index (χ4n) is 3.42. The van der Waals surface area contributed by atoms with Crippen molar-refractivity contribution in [3.8, 4) is 0 Å². The zero-order chi connectivity index (χ0) is 18.8. The van der Waals surface area contributed by atoms with Crippen LogP contribution in [0.3, 0.4) is 0 Å². The fraction of sp³-hybridized carbons (Fsp3) is 0.706. The number of aromatic nitrogens is 2. The van der Waals surface area contributed by atoms with E-state index in [-0.39, 0.29) is 18.6 Å². The molecule has 9 heteroatoms. The van der Waals surface area contributed by atoms with Crippen molar-refractivity contribution in [2.45, 2.75) is 38.0 Å². The Labute approximate surface area is 153 Å². The molecule has 26 heavy (non-hydrogen) atoms. The summed E-state index contributed by atoms with van der Waals surface area (Å²) in [6.45, 7) is 2.00. The summed E-state index contributed by atoms with van der Waals surface area (Å²) in [7, 11) is 3.81. The van der Waals surface area contributed by atoms with E-state index in [4.69, 9.17) is 10.7 Å². The molecule has 1 fully saturated rings. The van der Waals surface area contributed by atoms with Crippen LogP contribution in [-0.4, -0.2) is 83.5 Å². The molecule has 144 valence electrons. The van der Waals surface area contributed by atoms with E-state index in [9.17, 15) is 15.0 Å². The lowest BCUT2D eigenvalue weighted by Crippen LogP contribution is -2.48. The van der Waals surface area contributed by atoms with Gasteiger partial charge in [0.2, 0.25) is 11.9 Å². The highest BCUT2D eigenvalue weighted by molar-refractivity contribution is 5.82. The molecular formula is C17H28N6O3. The monoisotopic (exact) mass is 364 g/mol. The van der Waals surface area contributed by atoms with Crippen LogP contribution in [0.25, 0.3) is 0 Å². The minimum Gasteiger partial charge on any atom is -0.394 e. The molecule has 3 heterocycles. The third-order valence-corrected chi connectivity index (χ3v) is 5.02. The lowest BCUT2D eigenvalue weighted by Gasteiger charge is -2.36. The average Bonchev–Trinajstić information content (AvgIpc) is 2.66. The summed E-state index contributed by atoms with van der Waals surface area (Å²) >= 11 is 0. The molecule has 0 unspecified atom stereocenters. The number of carbonyl (C=O) groups excluding carboxylic acids is 1. The van der Waals surface area contributed by atoms with E-state index >= 15 is 0 Å². The zero-order valence-electron chi connectivity index (χ0n) is 15.4. The quantitative estimate of drug-likeness (QED) is 0.604. The molecule has 9 nitrogen and oxygen atoms in total. The van der Waals surface area contributed by atoms with Crippen molar-refractivity contribution in [3.63, 3.8) is 0 Å². The zero-order valence-corrected chi connectivity index (χ0v) is 15.4. The average molecular weight is 364 g/mol. The van der Waals surface area contributed by atoms with Crippen LogP contribution in [0.2, 0.25) is 0 Å². The number of anilines is 2. The van der Waals surface area contributed by atoms with Crippen molar-refractivity contribution >= 4 is 17.7 Å². The Balaban J connectivity index is 1.93. The lowest BCUT2D eigenvalue weighted by atomic mass is 10.0. The van der Waals surface area contributed by atoms with Crippen molar-refractivity contribution in [1.82, 2.24) is 14.9 Å². The van der Waals surface area contributed by atoms with Gasteiger partial charge in [-0.1, -0.05) is 0 Å². The van der Waals surface area contributed by atoms with Gasteiger partial charge in [-0.3, -0.25) is 4.79 Å². The molecule has 0 saturated carbocycles. The minimum atomic E-state index is -0.896. The molecule has 0 aliphatic carbocycles. The smallest absolute Gasteiger partial charge is 0.242 e. The van der Waals surface area contributed by atoms with Crippen LogP contribution < -0.4 is 15.5 Å². The van der Waals surface area contributed by atoms with Gasteiger partial charge in [0.05, 0.1) is 24.9 Å². The minimum absolute atomic E-state index is 0.255. The number of piperidine rings is 1. The van der Waals surface area contributed by atoms with E-state index in [1.807, 2.05) is 19.0 Å². The largest absolute Gasteiger partial charge is 0.394 e. The van der Waals surface area contributed by atoms with Crippen LogP contribution in [-0.2, 0) is 17.8 Å². The van der Waals surface area contributed by atoms with E-state index in [2.05, 4.69) is 9.88 Å². The Morgan fingerprint density at radius 1 is 1.31 bits per heavy atom. The van der Waals surface area contributed by atoms with Crippen molar-refractivity contribution in [2.75, 3.05) is 50.1 Å². The molecule has 1 amide bonds. The van der Waals surface area contributed by atoms with E-state index in [1.165, 1.54) is 0 Å². The first kappa shape index (κ1) is 18.8. The maximum Gasteiger partial charge on any atom is 0.242 e. The maximum atomic E-state index is 12.4. The second-order valence-corrected chi connectivity index (χ2v) is 7.18. The molecule has 1 aromatic heterocycles. The SMILES string of the molecule is CN(C)c1nc2c(c(N3CCC(O)CC3)n1)CN(C(=O)[C@@H](N)CO)CC2. The van der Waals surface area contributed by atoms with Gasteiger partial charge in [-0.2, -0.15) is 4.98 Å². The highest BCUT2D eigenvalue weighted by Crippen LogP contribution is 2.30. The van der Waals surface area contributed by atoms with Crippen LogP contribution in [0, 0.1) is 0 Å². The van der Waals surface area contributed by atoms with Gasteiger partial charge in [0, 0.05) is 45.7 Å². The Morgan fingerprint density at radius 2 is 2.00 bits per heavy atom. The molecule has 1 atom stereocenters. The summed E-state index contributed by atoms with van der Waals surface area (Å²) in [5.74, 6) is 1.23. The Bertz CT molecular complexity index is 660. The summed E-state index contributed by atoms with van der Waals surface area (Å²) in [5, 5.41) is 19.0. The number of fused-ring (bicyclic) bond motifs is 1. The first-order chi connectivity index (χ1) is 12.4. The van der Waals surface area contributed by atoms with E-state index in [0.717, 1.165) is 30.2 Å². The normalized spacial score (nSPS) is 19.3. The third-order valence-electron chi connectivity index (χ3n) is 5.02. The molecule has 0 aromatic carbocycles. The number of nitrogens with two attached hydrogens (primary N) is 1. The molecule has 0 spiro atoms. The number of rotatable bonds is 4. The highest BCUT2D eigenvalue weighted by atomic mass is 16.3. The van der Waals surface area contributed by atoms with E-state index < -0.39 is 6.04 Å². The first-order valence-electron chi connectivity index (χ1n) is 9.06. The number of aliphatic hydroxyl groups excluding tert-OH is 2. The summed E-state index contributed by atoms with van der Waals surface area (Å²) in [4.78, 5) is 27.5. The number of carbonyl (C=O) groups is 1. The number of hydrogen-bond acceptors (Lipinski definition) is 8. The second-order valence-electron chi connectivity index (χ2n) is 7.18. The summed E-state index contributed by atoms with van der Waals surface area (Å²) < 4.78 is 0. The summed E-state index contributed by atoms with van der Waals surface area (Å²) in [6.07, 6.45) is 1.77. The highest BCUT2D eigenvalue weighted by Gasteiger charge is 2.30. The van der Waals surface area contributed by atoms with E-state index in [0.29, 0.717) is 38.3 Å². The van der Waals surface area contributed by atoms with Crippen LogP contribution in [0.1, 0.15) is 24.1 Å². The van der Waals surface area contributed by atoms with Gasteiger partial charge >= 0.3 is 0 Å². The molecular weight excluding hydrogens is 336 g/mol. The van der Waals surface area contributed by atoms with Gasteiger partial charge in [0.1, 0.15) is 11.9 Å². The third kappa shape index (κ3) is 3.74. The maximum absolute atomic E-state index is 12.4. The van der Waals surface area contributed by atoms with Gasteiger partial charge in [-0.05, 0) is 12.8 Å². The van der Waals surface area contributed by atoms with Crippen molar-refractivity contribution in [3.05, 3.63) is 11.3 Å². The number of amides is 1. The summed E-state index contributed by atoms with van der Waals surface area (Å²) in [5.41, 5.74) is 7.60. The van der Waals surface area contributed by atoms with Gasteiger partial charge in [0.25, 0.3) is 0 Å². The molecule has 1 aromatic rings. The molecule has 0 bridgehead atoms. The molecule has 2 aliphatic heterocycles. The van der Waals surface area contributed by atoms with E-state index in [1.54, 1.807) is 4.90 Å². The van der Waals surface area contributed by atoms with Gasteiger partial charge < -0.3 is 30.6 Å². The Kier molecular flexibility index (Phi) is 5.59. The van der Waals surface area contributed by atoms with Crippen LogP contribution >= 0.6 is 0 Å². The number of nitrogens with zero attached hydrogens (tertiary/aromatic N) is 5. The number of aliphatic hydroxyl groups is 2. The van der Waals surface area contributed by atoms with Gasteiger partial charge in [-0.15, -0.1) is 0 Å². The van der Waals surface area contributed by atoms with Crippen molar-refractivity contribution < 1.29 is 15.0 Å². The Morgan fingerprint density at radius 3 is 2.62 bits per heavy atom. The van der Waals surface area contributed by atoms with Gasteiger partial charge in [0.15, 0.2) is 0 Å². The second kappa shape index (κ2) is 7.73. The van der Waals surface area contributed by atoms with Crippen LogP contribution in [0.15, 0.2) is 0 Å². The molecule has 2 aliphatic rings. The number of hydrogen-bond donors (Lipinski definition) is 3. The first-order valence-corrected chi connectivity index (χ1v) is 9.06. The topological polar surface area (TPSA) is 119 Å². The van der Waals surface area contributed by atoms with Crippen molar-refractivity contribution in [2.24, 2.45) is 5.73 Å². The van der Waals surface area contributed by atoms with Crippen LogP contribution in [0.4, 0.5) is 11.8 Å². The predicted octanol–water partition coefficient (Wildman–Crippen LogP) is -1.29. The molecule has 0 radical (unpaired) electrons.